The topological polar surface area (TPSA) is 54.7 Å². The highest BCUT2D eigenvalue weighted by atomic mass is 35.5. The van der Waals surface area contributed by atoms with Gasteiger partial charge in [-0.2, -0.15) is 5.10 Å². The molecule has 20 heavy (non-hydrogen) atoms. The molecule has 1 aromatic carbocycles. The Kier molecular flexibility index (Phi) is 3.70. The average molecular weight is 290 g/mol. The van der Waals surface area contributed by atoms with E-state index in [1.54, 1.807) is 0 Å². The Labute approximate surface area is 124 Å². The number of nitrogens with two attached hydrogens (primary N) is 1. The highest BCUT2D eigenvalue weighted by Crippen LogP contribution is 2.41. The molecule has 1 fully saturated rings. The zero-order chi connectivity index (χ0) is 14.1. The van der Waals surface area contributed by atoms with Crippen LogP contribution >= 0.6 is 11.6 Å². The van der Waals surface area contributed by atoms with Crippen molar-refractivity contribution < 1.29 is 0 Å². The molecule has 0 aliphatic heterocycles. The van der Waals surface area contributed by atoms with E-state index in [0.29, 0.717) is 11.7 Å². The van der Waals surface area contributed by atoms with Gasteiger partial charge in [0.25, 0.3) is 0 Å². The molecule has 1 aromatic heterocycles. The molecule has 0 spiro atoms. The average Bonchev–Trinajstić information content (AvgIpc) is 2.81. The third-order valence-electron chi connectivity index (χ3n) is 4.36. The molecule has 3 nitrogen and oxygen atoms in total. The number of anilines is 1. The summed E-state index contributed by atoms with van der Waals surface area (Å²) in [7, 11) is 0. The second kappa shape index (κ2) is 5.49. The van der Waals surface area contributed by atoms with E-state index in [-0.39, 0.29) is 0 Å². The minimum Gasteiger partial charge on any atom is -0.382 e. The maximum Gasteiger partial charge on any atom is 0.153 e. The largest absolute Gasteiger partial charge is 0.382 e. The smallest absolute Gasteiger partial charge is 0.153 e. The molecule has 1 aliphatic carbocycles. The molecule has 0 unspecified atom stereocenters. The van der Waals surface area contributed by atoms with Crippen LogP contribution in [0.4, 0.5) is 5.82 Å². The monoisotopic (exact) mass is 289 g/mol. The summed E-state index contributed by atoms with van der Waals surface area (Å²) in [5.74, 6) is 1.94. The Morgan fingerprint density at radius 2 is 2.00 bits per heavy atom. The van der Waals surface area contributed by atoms with Crippen LogP contribution in [0, 0.1) is 5.92 Å². The fourth-order valence-corrected chi connectivity index (χ4v) is 3.35. The van der Waals surface area contributed by atoms with Gasteiger partial charge < -0.3 is 5.73 Å². The van der Waals surface area contributed by atoms with Gasteiger partial charge in [-0.05, 0) is 36.5 Å². The number of hydrogen-bond donors (Lipinski definition) is 2. The maximum absolute atomic E-state index is 6.10. The van der Waals surface area contributed by atoms with Crippen molar-refractivity contribution in [3.63, 3.8) is 0 Å². The van der Waals surface area contributed by atoms with Crippen molar-refractivity contribution in [3.05, 3.63) is 35.0 Å². The van der Waals surface area contributed by atoms with Crippen molar-refractivity contribution in [1.82, 2.24) is 10.2 Å². The van der Waals surface area contributed by atoms with Gasteiger partial charge in [0.1, 0.15) is 0 Å². The molecule has 0 atom stereocenters. The molecule has 1 aliphatic rings. The lowest BCUT2D eigenvalue weighted by molar-refractivity contribution is 0.344. The molecular formula is C16H20ClN3. The number of benzene rings is 1. The van der Waals surface area contributed by atoms with Crippen molar-refractivity contribution >= 4 is 17.4 Å². The third-order valence-corrected chi connectivity index (χ3v) is 4.59. The summed E-state index contributed by atoms with van der Waals surface area (Å²) >= 11 is 6.10. The summed E-state index contributed by atoms with van der Waals surface area (Å²) in [5, 5.41) is 8.11. The molecule has 2 aromatic rings. The minimum absolute atomic E-state index is 0.532. The summed E-state index contributed by atoms with van der Waals surface area (Å²) in [5.41, 5.74) is 9.34. The molecule has 0 bridgehead atoms. The van der Waals surface area contributed by atoms with E-state index in [0.717, 1.165) is 22.1 Å². The van der Waals surface area contributed by atoms with Crippen LogP contribution in [0.3, 0.4) is 0 Å². The predicted molar refractivity (Wildman–Crippen MR) is 83.8 cm³/mol. The third kappa shape index (κ3) is 2.55. The van der Waals surface area contributed by atoms with E-state index < -0.39 is 0 Å². The molecular weight excluding hydrogens is 270 g/mol. The quantitative estimate of drug-likeness (QED) is 0.848. The highest BCUT2D eigenvalue weighted by Gasteiger charge is 2.25. The predicted octanol–water partition coefficient (Wildman–Crippen LogP) is 4.61. The first kappa shape index (κ1) is 13.5. The fourth-order valence-electron chi connectivity index (χ4n) is 3.16. The number of halogens is 1. The first-order valence-corrected chi connectivity index (χ1v) is 7.62. The molecule has 106 valence electrons. The van der Waals surface area contributed by atoms with Gasteiger partial charge in [-0.1, -0.05) is 43.5 Å². The minimum atomic E-state index is 0.532. The van der Waals surface area contributed by atoms with Gasteiger partial charge >= 0.3 is 0 Å². The lowest BCUT2D eigenvalue weighted by Crippen LogP contribution is -2.12. The van der Waals surface area contributed by atoms with Crippen LogP contribution < -0.4 is 5.73 Å². The van der Waals surface area contributed by atoms with E-state index >= 15 is 0 Å². The second-order valence-electron chi connectivity index (χ2n) is 5.86. The Morgan fingerprint density at radius 1 is 1.25 bits per heavy atom. The summed E-state index contributed by atoms with van der Waals surface area (Å²) in [6.07, 6.45) is 4.96. The van der Waals surface area contributed by atoms with Gasteiger partial charge in [-0.3, -0.25) is 5.10 Å². The molecule has 0 saturated heterocycles. The number of nitrogens with one attached hydrogen (secondary N) is 1. The van der Waals surface area contributed by atoms with Crippen LogP contribution in [-0.4, -0.2) is 10.2 Å². The van der Waals surface area contributed by atoms with Gasteiger partial charge in [-0.15, -0.1) is 0 Å². The number of nitrogens with zero attached hydrogens (tertiary/aromatic N) is 1. The molecule has 3 N–H and O–H groups in total. The van der Waals surface area contributed by atoms with Crippen LogP contribution in [0.1, 0.15) is 44.2 Å². The first-order valence-electron chi connectivity index (χ1n) is 7.25. The Balaban J connectivity index is 1.97. The second-order valence-corrected chi connectivity index (χ2v) is 6.30. The molecule has 0 radical (unpaired) electrons. The fraction of sp³-hybridized carbons (Fsp3) is 0.438. The van der Waals surface area contributed by atoms with Crippen molar-refractivity contribution in [2.75, 3.05) is 5.73 Å². The van der Waals surface area contributed by atoms with E-state index in [4.69, 9.17) is 17.3 Å². The van der Waals surface area contributed by atoms with Crippen molar-refractivity contribution in [2.45, 2.75) is 38.5 Å². The van der Waals surface area contributed by atoms with Gasteiger partial charge in [0.05, 0.1) is 0 Å². The number of aromatic amines is 1. The number of rotatable bonds is 2. The summed E-state index contributed by atoms with van der Waals surface area (Å²) in [4.78, 5) is 0. The summed E-state index contributed by atoms with van der Waals surface area (Å²) in [6, 6.07) is 7.83. The number of hydrogen-bond acceptors (Lipinski definition) is 2. The number of aromatic nitrogens is 2. The summed E-state index contributed by atoms with van der Waals surface area (Å²) < 4.78 is 0. The zero-order valence-electron chi connectivity index (χ0n) is 11.7. The standard InChI is InChI=1S/C16H20ClN3/c1-10-5-7-11(8-6-10)15-14(16(18)20-19-15)12-3-2-4-13(17)9-12/h2-4,9-11H,5-8H2,1H3,(H3,18,19,20). The molecule has 1 saturated carbocycles. The molecule has 3 rings (SSSR count). The maximum atomic E-state index is 6.10. The number of nitrogen functional groups attached to an aromatic ring is 1. The van der Waals surface area contributed by atoms with E-state index in [1.165, 1.54) is 31.4 Å². The zero-order valence-corrected chi connectivity index (χ0v) is 12.5. The van der Waals surface area contributed by atoms with E-state index in [1.807, 2.05) is 24.3 Å². The van der Waals surface area contributed by atoms with Crippen LogP contribution in [0.25, 0.3) is 11.1 Å². The van der Waals surface area contributed by atoms with Crippen molar-refractivity contribution in [2.24, 2.45) is 5.92 Å². The Morgan fingerprint density at radius 3 is 2.70 bits per heavy atom. The van der Waals surface area contributed by atoms with Crippen LogP contribution in [0.2, 0.25) is 5.02 Å². The molecule has 1 heterocycles. The lowest BCUT2D eigenvalue weighted by Gasteiger charge is -2.26. The first-order chi connectivity index (χ1) is 9.65. The normalized spacial score (nSPS) is 22.9. The van der Waals surface area contributed by atoms with Crippen molar-refractivity contribution in [1.29, 1.82) is 0 Å². The number of H-pyrrole nitrogens is 1. The van der Waals surface area contributed by atoms with Gasteiger partial charge in [0.2, 0.25) is 0 Å². The lowest BCUT2D eigenvalue weighted by atomic mass is 9.80. The van der Waals surface area contributed by atoms with Gasteiger partial charge in [0, 0.05) is 22.2 Å². The Bertz CT molecular complexity index is 598. The molecule has 0 amide bonds. The van der Waals surface area contributed by atoms with E-state index in [9.17, 15) is 0 Å². The van der Waals surface area contributed by atoms with Gasteiger partial charge in [0.15, 0.2) is 5.82 Å². The van der Waals surface area contributed by atoms with E-state index in [2.05, 4.69) is 17.1 Å². The van der Waals surface area contributed by atoms with Crippen molar-refractivity contribution in [3.8, 4) is 11.1 Å². The SMILES string of the molecule is CC1CCC(c2[nH]nc(N)c2-c2cccc(Cl)c2)CC1. The van der Waals surface area contributed by atoms with Crippen LogP contribution in [0.15, 0.2) is 24.3 Å². The highest BCUT2D eigenvalue weighted by molar-refractivity contribution is 6.30. The van der Waals surface area contributed by atoms with Gasteiger partial charge in [-0.25, -0.2) is 0 Å². The van der Waals surface area contributed by atoms with Crippen LogP contribution in [-0.2, 0) is 0 Å². The Hall–Kier alpha value is -1.48. The van der Waals surface area contributed by atoms with Crippen LogP contribution in [0.5, 0.6) is 0 Å². The summed E-state index contributed by atoms with van der Waals surface area (Å²) in [6.45, 7) is 2.33. The molecule has 4 heteroatoms.